The van der Waals surface area contributed by atoms with Gasteiger partial charge in [0.1, 0.15) is 0 Å². The maximum absolute atomic E-state index is 11.0. The first kappa shape index (κ1) is 11.5. The number of aromatic nitrogens is 1. The van der Waals surface area contributed by atoms with Crippen LogP contribution in [0.5, 0.6) is 0 Å². The quantitative estimate of drug-likeness (QED) is 0.749. The number of pyridine rings is 1. The summed E-state index contributed by atoms with van der Waals surface area (Å²) in [6, 6.07) is 1.89. The van der Waals surface area contributed by atoms with E-state index < -0.39 is 0 Å². The standard InChI is InChI=1S/C11H16N2O2/c1-3-15-11(14)5-7-13-10-4-6-12-8-9(10)2/h4,6,8H,3,5,7H2,1-2H3,(H,12,13). The summed E-state index contributed by atoms with van der Waals surface area (Å²) in [7, 11) is 0. The Kier molecular flexibility index (Phi) is 4.60. The number of carbonyl (C=O) groups is 1. The second-order valence-electron chi connectivity index (χ2n) is 3.17. The summed E-state index contributed by atoms with van der Waals surface area (Å²) in [6.45, 7) is 4.80. The lowest BCUT2D eigenvalue weighted by Crippen LogP contribution is -2.11. The monoisotopic (exact) mass is 208 g/mol. The van der Waals surface area contributed by atoms with Crippen LogP contribution in [0.1, 0.15) is 18.9 Å². The van der Waals surface area contributed by atoms with Gasteiger partial charge in [-0.25, -0.2) is 0 Å². The van der Waals surface area contributed by atoms with Crippen LogP contribution in [0.2, 0.25) is 0 Å². The fraction of sp³-hybridized carbons (Fsp3) is 0.455. The summed E-state index contributed by atoms with van der Waals surface area (Å²) in [5.74, 6) is -0.170. The number of hydrogen-bond acceptors (Lipinski definition) is 4. The van der Waals surface area contributed by atoms with Gasteiger partial charge in [-0.2, -0.15) is 0 Å². The molecule has 0 unspecified atom stereocenters. The zero-order valence-corrected chi connectivity index (χ0v) is 9.12. The molecule has 4 nitrogen and oxygen atoms in total. The summed E-state index contributed by atoms with van der Waals surface area (Å²) < 4.78 is 4.82. The summed E-state index contributed by atoms with van der Waals surface area (Å²) in [5, 5.41) is 3.16. The molecule has 1 heterocycles. The Morgan fingerprint density at radius 2 is 2.40 bits per heavy atom. The van der Waals surface area contributed by atoms with Gasteiger partial charge >= 0.3 is 5.97 Å². The van der Waals surface area contributed by atoms with Crippen LogP contribution in [0.15, 0.2) is 18.5 Å². The van der Waals surface area contributed by atoms with E-state index in [4.69, 9.17) is 4.74 Å². The SMILES string of the molecule is CCOC(=O)CCNc1ccncc1C. The largest absolute Gasteiger partial charge is 0.466 e. The van der Waals surface area contributed by atoms with Crippen molar-refractivity contribution >= 4 is 11.7 Å². The number of nitrogens with one attached hydrogen (secondary N) is 1. The minimum atomic E-state index is -0.170. The van der Waals surface area contributed by atoms with Crippen LogP contribution in [0.4, 0.5) is 5.69 Å². The van der Waals surface area contributed by atoms with Gasteiger partial charge in [0.2, 0.25) is 0 Å². The Morgan fingerprint density at radius 3 is 3.07 bits per heavy atom. The first-order chi connectivity index (χ1) is 7.24. The predicted molar refractivity (Wildman–Crippen MR) is 58.7 cm³/mol. The van der Waals surface area contributed by atoms with E-state index in [-0.39, 0.29) is 5.97 Å². The van der Waals surface area contributed by atoms with Crippen LogP contribution in [-0.2, 0) is 9.53 Å². The lowest BCUT2D eigenvalue weighted by atomic mass is 10.2. The van der Waals surface area contributed by atoms with Crippen LogP contribution in [0.25, 0.3) is 0 Å². The van der Waals surface area contributed by atoms with Crippen LogP contribution >= 0.6 is 0 Å². The third kappa shape index (κ3) is 3.97. The van der Waals surface area contributed by atoms with E-state index in [2.05, 4.69) is 10.3 Å². The van der Waals surface area contributed by atoms with Crippen LogP contribution in [0, 0.1) is 6.92 Å². The molecule has 82 valence electrons. The maximum atomic E-state index is 11.0. The number of ether oxygens (including phenoxy) is 1. The minimum absolute atomic E-state index is 0.170. The molecule has 1 rings (SSSR count). The van der Waals surface area contributed by atoms with Gasteiger partial charge in [-0.1, -0.05) is 0 Å². The highest BCUT2D eigenvalue weighted by Crippen LogP contribution is 2.10. The van der Waals surface area contributed by atoms with Crippen molar-refractivity contribution in [2.24, 2.45) is 0 Å². The number of anilines is 1. The Labute approximate surface area is 89.7 Å². The van der Waals surface area contributed by atoms with Gasteiger partial charge < -0.3 is 10.1 Å². The number of esters is 1. The Balaban J connectivity index is 2.32. The summed E-state index contributed by atoms with van der Waals surface area (Å²) >= 11 is 0. The molecule has 0 saturated carbocycles. The van der Waals surface area contributed by atoms with E-state index in [0.29, 0.717) is 19.6 Å². The molecular formula is C11H16N2O2. The molecule has 15 heavy (non-hydrogen) atoms. The molecule has 1 aromatic heterocycles. The third-order valence-electron chi connectivity index (χ3n) is 1.97. The number of carbonyl (C=O) groups excluding carboxylic acids is 1. The lowest BCUT2D eigenvalue weighted by Gasteiger charge is -2.07. The van der Waals surface area contributed by atoms with E-state index in [9.17, 15) is 4.79 Å². The summed E-state index contributed by atoms with van der Waals surface area (Å²) in [5.41, 5.74) is 2.08. The van der Waals surface area contributed by atoms with Crippen molar-refractivity contribution in [3.63, 3.8) is 0 Å². The topological polar surface area (TPSA) is 51.2 Å². The maximum Gasteiger partial charge on any atom is 0.307 e. The molecule has 0 aromatic carbocycles. The molecule has 0 fully saturated rings. The first-order valence-electron chi connectivity index (χ1n) is 5.04. The molecule has 1 aromatic rings. The molecule has 0 aliphatic carbocycles. The second-order valence-corrected chi connectivity index (χ2v) is 3.17. The van der Waals surface area contributed by atoms with Crippen molar-refractivity contribution in [1.29, 1.82) is 0 Å². The highest BCUT2D eigenvalue weighted by atomic mass is 16.5. The van der Waals surface area contributed by atoms with E-state index >= 15 is 0 Å². The van der Waals surface area contributed by atoms with Gasteiger partial charge in [-0.15, -0.1) is 0 Å². The molecular weight excluding hydrogens is 192 g/mol. The van der Waals surface area contributed by atoms with Crippen LogP contribution in [0.3, 0.4) is 0 Å². The van der Waals surface area contributed by atoms with Crippen molar-refractivity contribution in [1.82, 2.24) is 4.98 Å². The molecule has 0 spiro atoms. The van der Waals surface area contributed by atoms with E-state index in [1.165, 1.54) is 0 Å². The lowest BCUT2D eigenvalue weighted by molar-refractivity contribution is -0.142. The molecule has 0 aliphatic rings. The fourth-order valence-electron chi connectivity index (χ4n) is 1.20. The highest BCUT2D eigenvalue weighted by molar-refractivity contribution is 5.70. The van der Waals surface area contributed by atoms with E-state index in [1.54, 1.807) is 19.3 Å². The van der Waals surface area contributed by atoms with Gasteiger partial charge in [-0.05, 0) is 25.5 Å². The molecule has 0 amide bonds. The van der Waals surface area contributed by atoms with Gasteiger partial charge in [0, 0.05) is 24.6 Å². The number of nitrogens with zero attached hydrogens (tertiary/aromatic N) is 1. The Bertz CT molecular complexity index is 326. The number of hydrogen-bond donors (Lipinski definition) is 1. The molecule has 0 saturated heterocycles. The van der Waals surface area contributed by atoms with Crippen molar-refractivity contribution in [2.45, 2.75) is 20.3 Å². The first-order valence-corrected chi connectivity index (χ1v) is 5.04. The van der Waals surface area contributed by atoms with Crippen molar-refractivity contribution in [3.05, 3.63) is 24.0 Å². The molecule has 0 aliphatic heterocycles. The van der Waals surface area contributed by atoms with Crippen molar-refractivity contribution in [3.8, 4) is 0 Å². The van der Waals surface area contributed by atoms with Gasteiger partial charge in [0.15, 0.2) is 0 Å². The van der Waals surface area contributed by atoms with Gasteiger partial charge in [0.05, 0.1) is 13.0 Å². The third-order valence-corrected chi connectivity index (χ3v) is 1.97. The van der Waals surface area contributed by atoms with Gasteiger partial charge in [-0.3, -0.25) is 9.78 Å². The highest BCUT2D eigenvalue weighted by Gasteiger charge is 2.01. The van der Waals surface area contributed by atoms with Crippen molar-refractivity contribution < 1.29 is 9.53 Å². The smallest absolute Gasteiger partial charge is 0.307 e. The zero-order valence-electron chi connectivity index (χ0n) is 9.12. The average Bonchev–Trinajstić information content (AvgIpc) is 2.21. The number of aryl methyl sites for hydroxylation is 1. The molecule has 0 radical (unpaired) electrons. The number of rotatable bonds is 5. The fourth-order valence-corrected chi connectivity index (χ4v) is 1.20. The molecule has 0 atom stereocenters. The second kappa shape index (κ2) is 6.01. The van der Waals surface area contributed by atoms with E-state index in [0.717, 1.165) is 11.3 Å². The molecule has 0 bridgehead atoms. The average molecular weight is 208 g/mol. The normalized spacial score (nSPS) is 9.73. The predicted octanol–water partition coefficient (Wildman–Crippen LogP) is 1.76. The van der Waals surface area contributed by atoms with Crippen LogP contribution in [-0.4, -0.2) is 24.1 Å². The Morgan fingerprint density at radius 1 is 1.60 bits per heavy atom. The van der Waals surface area contributed by atoms with Gasteiger partial charge in [0.25, 0.3) is 0 Å². The van der Waals surface area contributed by atoms with E-state index in [1.807, 2.05) is 13.0 Å². The van der Waals surface area contributed by atoms with Crippen molar-refractivity contribution in [2.75, 3.05) is 18.5 Å². The summed E-state index contributed by atoms with van der Waals surface area (Å²) in [4.78, 5) is 15.0. The minimum Gasteiger partial charge on any atom is -0.466 e. The molecule has 1 N–H and O–H groups in total. The van der Waals surface area contributed by atoms with Crippen LogP contribution < -0.4 is 5.32 Å². The summed E-state index contributed by atoms with van der Waals surface area (Å²) in [6.07, 6.45) is 3.89. The zero-order chi connectivity index (χ0) is 11.1. The molecule has 4 heteroatoms. The Hall–Kier alpha value is -1.58.